The molecule has 1 fully saturated rings. The van der Waals surface area contributed by atoms with Crippen molar-refractivity contribution < 1.29 is 23.5 Å². The van der Waals surface area contributed by atoms with Crippen LogP contribution in [0.1, 0.15) is 30.7 Å². The number of hydrogen-bond acceptors (Lipinski definition) is 2. The van der Waals surface area contributed by atoms with Gasteiger partial charge in [0.2, 0.25) is 5.91 Å². The quantitative estimate of drug-likeness (QED) is 0.785. The number of nitrogens with one attached hydrogen (secondary N) is 1. The molecular weight excluding hydrogens is 268 g/mol. The van der Waals surface area contributed by atoms with Gasteiger partial charge in [0, 0.05) is 18.9 Å². The average molecular weight is 283 g/mol. The summed E-state index contributed by atoms with van der Waals surface area (Å²) in [5.41, 5.74) is 0.232. The molecule has 108 valence electrons. The summed E-state index contributed by atoms with van der Waals surface area (Å²) in [6, 6.07) is 3.23. The molecule has 0 aromatic heterocycles. The Labute approximate surface area is 114 Å². The molecule has 0 heterocycles. The van der Waals surface area contributed by atoms with Gasteiger partial charge in [0.1, 0.15) is 11.6 Å². The van der Waals surface area contributed by atoms with E-state index in [1.807, 2.05) is 0 Å². The fourth-order valence-corrected chi connectivity index (χ4v) is 2.21. The molecule has 20 heavy (non-hydrogen) atoms. The van der Waals surface area contributed by atoms with Crippen LogP contribution in [-0.4, -0.2) is 23.5 Å². The fourth-order valence-electron chi connectivity index (χ4n) is 2.21. The molecule has 4 nitrogen and oxygen atoms in total. The molecule has 1 aliphatic carbocycles. The molecule has 0 radical (unpaired) electrons. The predicted molar refractivity (Wildman–Crippen MR) is 67.1 cm³/mol. The van der Waals surface area contributed by atoms with Crippen LogP contribution < -0.4 is 5.32 Å². The van der Waals surface area contributed by atoms with Crippen molar-refractivity contribution in [1.29, 1.82) is 0 Å². The first kappa shape index (κ1) is 14.4. The fraction of sp³-hybridized carbons (Fsp3) is 0.429. The Kier molecular flexibility index (Phi) is 4.32. The van der Waals surface area contributed by atoms with Crippen molar-refractivity contribution in [2.45, 2.75) is 25.2 Å². The number of hydrogen-bond donors (Lipinski definition) is 2. The van der Waals surface area contributed by atoms with E-state index in [0.717, 1.165) is 18.2 Å². The van der Waals surface area contributed by atoms with Gasteiger partial charge in [-0.2, -0.15) is 0 Å². The van der Waals surface area contributed by atoms with Crippen molar-refractivity contribution in [2.75, 3.05) is 6.54 Å². The Morgan fingerprint density at radius 3 is 2.80 bits per heavy atom. The molecule has 1 aromatic carbocycles. The Hall–Kier alpha value is -1.98. The van der Waals surface area contributed by atoms with Gasteiger partial charge in [-0.3, -0.25) is 9.59 Å². The number of carboxylic acids is 1. The number of aliphatic carboxylic acids is 1. The van der Waals surface area contributed by atoms with Crippen molar-refractivity contribution in [3.8, 4) is 0 Å². The lowest BCUT2D eigenvalue weighted by Gasteiger charge is -2.05. The highest BCUT2D eigenvalue weighted by atomic mass is 19.1. The lowest BCUT2D eigenvalue weighted by molar-refractivity contribution is -0.137. The Bertz CT molecular complexity index is 533. The predicted octanol–water partition coefficient (Wildman–Crippen LogP) is 2.05. The molecule has 0 spiro atoms. The van der Waals surface area contributed by atoms with E-state index >= 15 is 0 Å². The number of benzene rings is 1. The minimum Gasteiger partial charge on any atom is -0.481 e. The molecule has 2 atom stereocenters. The Balaban J connectivity index is 1.83. The summed E-state index contributed by atoms with van der Waals surface area (Å²) < 4.78 is 26.6. The van der Waals surface area contributed by atoms with Crippen LogP contribution in [0.5, 0.6) is 0 Å². The highest BCUT2D eigenvalue weighted by Gasteiger charge is 2.45. The van der Waals surface area contributed by atoms with Gasteiger partial charge < -0.3 is 10.4 Å². The van der Waals surface area contributed by atoms with E-state index in [2.05, 4.69) is 5.32 Å². The van der Waals surface area contributed by atoms with Gasteiger partial charge in [-0.15, -0.1) is 0 Å². The lowest BCUT2D eigenvalue weighted by Crippen LogP contribution is -2.26. The second kappa shape index (κ2) is 5.98. The van der Waals surface area contributed by atoms with Crippen molar-refractivity contribution in [3.63, 3.8) is 0 Å². The number of carbonyl (C=O) groups excluding carboxylic acids is 1. The van der Waals surface area contributed by atoms with Crippen LogP contribution in [0.4, 0.5) is 8.78 Å². The molecule has 0 unspecified atom stereocenters. The van der Waals surface area contributed by atoms with Crippen molar-refractivity contribution in [3.05, 3.63) is 35.4 Å². The van der Waals surface area contributed by atoms with E-state index in [1.165, 1.54) is 0 Å². The standard InChI is InChI=1S/C14H15F2NO3/c15-8-3-4-12(16)10(6-8)9-7-11(9)14(20)17-5-1-2-13(18)19/h3-4,6,9,11H,1-2,5,7H2,(H,17,20)(H,18,19)/t9-,11-/m0/s1. The maximum absolute atomic E-state index is 13.5. The van der Waals surface area contributed by atoms with E-state index in [9.17, 15) is 18.4 Å². The normalized spacial score (nSPS) is 20.5. The molecule has 1 aliphatic rings. The van der Waals surface area contributed by atoms with Crippen LogP contribution in [0.3, 0.4) is 0 Å². The van der Waals surface area contributed by atoms with Crippen LogP contribution in [0.2, 0.25) is 0 Å². The minimum absolute atomic E-state index is 0.00704. The highest BCUT2D eigenvalue weighted by Crippen LogP contribution is 2.48. The number of rotatable bonds is 6. The summed E-state index contributed by atoms with van der Waals surface area (Å²) in [4.78, 5) is 22.1. The molecule has 0 saturated heterocycles. The zero-order valence-electron chi connectivity index (χ0n) is 10.7. The zero-order chi connectivity index (χ0) is 14.7. The zero-order valence-corrected chi connectivity index (χ0v) is 10.7. The molecule has 6 heteroatoms. The van der Waals surface area contributed by atoms with Crippen molar-refractivity contribution in [1.82, 2.24) is 5.32 Å². The summed E-state index contributed by atoms with van der Waals surface area (Å²) in [6.07, 6.45) is 0.838. The second-order valence-corrected chi connectivity index (χ2v) is 4.90. The lowest BCUT2D eigenvalue weighted by atomic mass is 10.1. The largest absolute Gasteiger partial charge is 0.481 e. The highest BCUT2D eigenvalue weighted by molar-refractivity contribution is 5.82. The maximum Gasteiger partial charge on any atom is 0.303 e. The van der Waals surface area contributed by atoms with Gasteiger partial charge in [-0.05, 0) is 42.5 Å². The van der Waals surface area contributed by atoms with Crippen LogP contribution in [0.15, 0.2) is 18.2 Å². The van der Waals surface area contributed by atoms with Crippen LogP contribution in [0.25, 0.3) is 0 Å². The molecule has 1 aromatic rings. The maximum atomic E-state index is 13.5. The van der Waals surface area contributed by atoms with E-state index < -0.39 is 17.6 Å². The molecule has 1 amide bonds. The van der Waals surface area contributed by atoms with E-state index in [1.54, 1.807) is 0 Å². The third kappa shape index (κ3) is 3.53. The van der Waals surface area contributed by atoms with Gasteiger partial charge in [0.15, 0.2) is 0 Å². The summed E-state index contributed by atoms with van der Waals surface area (Å²) in [6.45, 7) is 0.278. The first-order valence-corrected chi connectivity index (χ1v) is 6.43. The average Bonchev–Trinajstić information content (AvgIpc) is 3.17. The minimum atomic E-state index is -0.912. The van der Waals surface area contributed by atoms with E-state index in [-0.39, 0.29) is 36.3 Å². The van der Waals surface area contributed by atoms with Gasteiger partial charge in [-0.25, -0.2) is 8.78 Å². The van der Waals surface area contributed by atoms with Crippen LogP contribution in [0, 0.1) is 17.6 Å². The van der Waals surface area contributed by atoms with Gasteiger partial charge in [0.25, 0.3) is 0 Å². The van der Waals surface area contributed by atoms with Gasteiger partial charge in [0.05, 0.1) is 0 Å². The second-order valence-electron chi connectivity index (χ2n) is 4.90. The third-order valence-electron chi connectivity index (χ3n) is 3.35. The Morgan fingerprint density at radius 1 is 1.35 bits per heavy atom. The van der Waals surface area contributed by atoms with Gasteiger partial charge in [-0.1, -0.05) is 0 Å². The number of carboxylic acid groups (broad SMARTS) is 1. The molecule has 2 rings (SSSR count). The van der Waals surface area contributed by atoms with Crippen LogP contribution in [-0.2, 0) is 9.59 Å². The topological polar surface area (TPSA) is 66.4 Å². The molecule has 1 saturated carbocycles. The first-order valence-electron chi connectivity index (χ1n) is 6.43. The van der Waals surface area contributed by atoms with E-state index in [0.29, 0.717) is 12.8 Å². The number of amides is 1. The smallest absolute Gasteiger partial charge is 0.303 e. The summed E-state index contributed by atoms with van der Waals surface area (Å²) in [7, 11) is 0. The molecule has 2 N–H and O–H groups in total. The Morgan fingerprint density at radius 2 is 2.10 bits per heavy atom. The third-order valence-corrected chi connectivity index (χ3v) is 3.35. The van der Waals surface area contributed by atoms with Crippen LogP contribution >= 0.6 is 0 Å². The number of carbonyl (C=O) groups is 2. The number of halogens is 2. The first-order chi connectivity index (χ1) is 9.49. The molecule has 0 bridgehead atoms. The van der Waals surface area contributed by atoms with Crippen molar-refractivity contribution in [2.24, 2.45) is 5.92 Å². The van der Waals surface area contributed by atoms with Crippen molar-refractivity contribution >= 4 is 11.9 Å². The molecular formula is C14H15F2NO3. The van der Waals surface area contributed by atoms with E-state index in [4.69, 9.17) is 5.11 Å². The SMILES string of the molecule is O=C(O)CCCNC(=O)[C@H]1C[C@H]1c1cc(F)ccc1F. The molecule has 0 aliphatic heterocycles. The summed E-state index contributed by atoms with van der Waals surface area (Å²) in [5.74, 6) is -2.80. The summed E-state index contributed by atoms with van der Waals surface area (Å²) >= 11 is 0. The summed E-state index contributed by atoms with van der Waals surface area (Å²) in [5, 5.41) is 11.1. The van der Waals surface area contributed by atoms with Gasteiger partial charge >= 0.3 is 5.97 Å². The monoisotopic (exact) mass is 283 g/mol.